The average Bonchev–Trinajstić information content (AvgIpc) is 3.60. The number of benzene rings is 3. The van der Waals surface area contributed by atoms with Crippen LogP contribution < -0.4 is 5.32 Å². The highest BCUT2D eigenvalue weighted by atomic mass is 32.1. The first-order valence-corrected chi connectivity index (χ1v) is 16.0. The van der Waals surface area contributed by atoms with Crippen molar-refractivity contribution in [1.29, 1.82) is 0 Å². The van der Waals surface area contributed by atoms with Gasteiger partial charge < -0.3 is 29.5 Å². The molecular weight excluding hydrogens is 592 g/mol. The molecule has 10 heteroatoms. The molecule has 0 fully saturated rings. The Labute approximate surface area is 266 Å². The van der Waals surface area contributed by atoms with Gasteiger partial charge in [0, 0.05) is 30.4 Å². The zero-order valence-corrected chi connectivity index (χ0v) is 26.4. The van der Waals surface area contributed by atoms with E-state index in [-0.39, 0.29) is 19.1 Å². The first-order chi connectivity index (χ1) is 21.8. The lowest BCUT2D eigenvalue weighted by atomic mass is 9.98. The third kappa shape index (κ3) is 7.19. The SMILES string of the molecule is CCOC(OCC)[C@H](C)N(Cc1csc2ccccc12)C(=O)C(CC(=O)O)NC(=O)OCC1c2ccccc2-c2ccccc21. The van der Waals surface area contributed by atoms with Crippen LogP contribution in [0.5, 0.6) is 0 Å². The van der Waals surface area contributed by atoms with Crippen molar-refractivity contribution in [2.45, 2.75) is 58.0 Å². The number of thiophene rings is 1. The van der Waals surface area contributed by atoms with E-state index >= 15 is 0 Å². The molecule has 9 nitrogen and oxygen atoms in total. The van der Waals surface area contributed by atoms with Crippen molar-refractivity contribution in [3.05, 3.63) is 94.9 Å². The first kappa shape index (κ1) is 32.2. The van der Waals surface area contributed by atoms with Crippen LogP contribution in [-0.4, -0.2) is 66.2 Å². The number of carboxylic acids is 1. The fraction of sp³-hybridized carbons (Fsp3) is 0.343. The van der Waals surface area contributed by atoms with E-state index in [1.807, 2.05) is 92.0 Å². The topological polar surface area (TPSA) is 114 Å². The minimum atomic E-state index is -1.38. The molecule has 2 atom stereocenters. The number of hydrogen-bond acceptors (Lipinski definition) is 7. The maximum atomic E-state index is 14.2. The Morgan fingerprint density at radius 1 is 0.911 bits per heavy atom. The number of alkyl carbamates (subject to hydrolysis) is 1. The van der Waals surface area contributed by atoms with E-state index in [0.717, 1.165) is 37.9 Å². The molecule has 0 radical (unpaired) electrons. The molecule has 0 saturated carbocycles. The van der Waals surface area contributed by atoms with Gasteiger partial charge in [-0.25, -0.2) is 4.79 Å². The van der Waals surface area contributed by atoms with Crippen molar-refractivity contribution in [2.24, 2.45) is 0 Å². The van der Waals surface area contributed by atoms with Crippen LogP contribution in [0.4, 0.5) is 4.79 Å². The molecule has 5 rings (SSSR count). The fourth-order valence-electron chi connectivity index (χ4n) is 5.92. The molecular formula is C35H38N2O7S. The van der Waals surface area contributed by atoms with Gasteiger partial charge in [-0.15, -0.1) is 11.3 Å². The van der Waals surface area contributed by atoms with Crippen molar-refractivity contribution >= 4 is 39.4 Å². The minimum absolute atomic E-state index is 0.0333. The number of nitrogens with one attached hydrogen (secondary N) is 1. The maximum absolute atomic E-state index is 14.2. The second kappa shape index (κ2) is 14.7. The lowest BCUT2D eigenvalue weighted by Crippen LogP contribution is -2.55. The van der Waals surface area contributed by atoms with E-state index in [1.165, 1.54) is 4.90 Å². The summed E-state index contributed by atoms with van der Waals surface area (Å²) in [6, 6.07) is 21.9. The number of nitrogens with zero attached hydrogens (tertiary/aromatic N) is 1. The molecule has 45 heavy (non-hydrogen) atoms. The Hall–Kier alpha value is -4.25. The molecule has 2 N–H and O–H groups in total. The number of fused-ring (bicyclic) bond motifs is 4. The quantitative estimate of drug-likeness (QED) is 0.155. The normalized spacial score (nSPS) is 13.7. The zero-order valence-electron chi connectivity index (χ0n) is 25.6. The summed E-state index contributed by atoms with van der Waals surface area (Å²) in [6.45, 7) is 6.39. The van der Waals surface area contributed by atoms with Gasteiger partial charge in [0.05, 0.1) is 12.5 Å². The number of carbonyl (C=O) groups excluding carboxylic acids is 2. The van der Waals surface area contributed by atoms with Crippen molar-refractivity contribution in [2.75, 3.05) is 19.8 Å². The molecule has 4 aromatic rings. The van der Waals surface area contributed by atoms with Gasteiger partial charge in [0.1, 0.15) is 12.6 Å². The lowest BCUT2D eigenvalue weighted by Gasteiger charge is -2.36. The molecule has 0 spiro atoms. The molecule has 3 aromatic carbocycles. The summed E-state index contributed by atoms with van der Waals surface area (Å²) in [7, 11) is 0. The van der Waals surface area contributed by atoms with Crippen LogP contribution in [0.15, 0.2) is 78.2 Å². The second-order valence-electron chi connectivity index (χ2n) is 10.9. The van der Waals surface area contributed by atoms with Gasteiger partial charge in [-0.3, -0.25) is 9.59 Å². The van der Waals surface area contributed by atoms with E-state index in [4.69, 9.17) is 14.2 Å². The molecule has 1 heterocycles. The third-order valence-corrected chi connectivity index (χ3v) is 9.06. The van der Waals surface area contributed by atoms with Crippen LogP contribution in [0.1, 0.15) is 49.8 Å². The largest absolute Gasteiger partial charge is 0.481 e. The fourth-order valence-corrected chi connectivity index (χ4v) is 6.87. The number of carbonyl (C=O) groups is 3. The van der Waals surface area contributed by atoms with Crippen molar-refractivity contribution in [3.63, 3.8) is 0 Å². The van der Waals surface area contributed by atoms with Gasteiger partial charge in [-0.05, 0) is 65.4 Å². The summed E-state index contributed by atoms with van der Waals surface area (Å²) in [5.41, 5.74) is 5.17. The summed E-state index contributed by atoms with van der Waals surface area (Å²) in [5.74, 6) is -1.98. The van der Waals surface area contributed by atoms with Gasteiger partial charge in [0.25, 0.3) is 0 Å². The number of ether oxygens (including phenoxy) is 3. The molecule has 1 aliphatic carbocycles. The Balaban J connectivity index is 1.37. The Kier molecular flexibility index (Phi) is 10.5. The highest BCUT2D eigenvalue weighted by molar-refractivity contribution is 7.17. The molecule has 0 bridgehead atoms. The summed E-state index contributed by atoms with van der Waals surface area (Å²) < 4.78 is 18.4. The number of rotatable bonds is 14. The Morgan fingerprint density at radius 2 is 1.51 bits per heavy atom. The highest BCUT2D eigenvalue weighted by Crippen LogP contribution is 2.44. The van der Waals surface area contributed by atoms with Crippen LogP contribution in [0.3, 0.4) is 0 Å². The monoisotopic (exact) mass is 630 g/mol. The number of amides is 2. The first-order valence-electron chi connectivity index (χ1n) is 15.1. The molecule has 0 saturated heterocycles. The van der Waals surface area contributed by atoms with Crippen LogP contribution in [-0.2, 0) is 30.3 Å². The zero-order chi connectivity index (χ0) is 31.9. The van der Waals surface area contributed by atoms with Gasteiger partial charge in [0.2, 0.25) is 5.91 Å². The molecule has 2 amide bonds. The average molecular weight is 631 g/mol. The van der Waals surface area contributed by atoms with E-state index < -0.39 is 42.8 Å². The maximum Gasteiger partial charge on any atom is 0.407 e. The summed E-state index contributed by atoms with van der Waals surface area (Å²) in [5, 5.41) is 15.3. The smallest absolute Gasteiger partial charge is 0.407 e. The van der Waals surface area contributed by atoms with E-state index in [9.17, 15) is 19.5 Å². The van der Waals surface area contributed by atoms with Crippen LogP contribution in [0.25, 0.3) is 21.2 Å². The Morgan fingerprint density at radius 3 is 2.13 bits per heavy atom. The molecule has 236 valence electrons. The van der Waals surface area contributed by atoms with Gasteiger partial charge in [-0.1, -0.05) is 66.7 Å². The molecule has 1 aromatic heterocycles. The van der Waals surface area contributed by atoms with Crippen molar-refractivity contribution in [1.82, 2.24) is 10.2 Å². The highest BCUT2D eigenvalue weighted by Gasteiger charge is 2.36. The number of hydrogen-bond donors (Lipinski definition) is 2. The minimum Gasteiger partial charge on any atom is -0.481 e. The summed E-state index contributed by atoms with van der Waals surface area (Å²) in [4.78, 5) is 40.9. The van der Waals surface area contributed by atoms with Crippen molar-refractivity contribution < 1.29 is 33.7 Å². The van der Waals surface area contributed by atoms with Gasteiger partial charge >= 0.3 is 12.1 Å². The third-order valence-electron chi connectivity index (χ3n) is 8.04. The predicted octanol–water partition coefficient (Wildman–Crippen LogP) is 6.40. The van der Waals surface area contributed by atoms with Crippen molar-refractivity contribution in [3.8, 4) is 11.1 Å². The number of carboxylic acid groups (broad SMARTS) is 1. The van der Waals surface area contributed by atoms with Gasteiger partial charge in [-0.2, -0.15) is 0 Å². The van der Waals surface area contributed by atoms with Crippen LogP contribution >= 0.6 is 11.3 Å². The predicted molar refractivity (Wildman–Crippen MR) is 173 cm³/mol. The number of aliphatic carboxylic acids is 1. The molecule has 1 aliphatic rings. The molecule has 0 aliphatic heterocycles. The van der Waals surface area contributed by atoms with Crippen LogP contribution in [0.2, 0.25) is 0 Å². The van der Waals surface area contributed by atoms with E-state index in [2.05, 4.69) is 5.32 Å². The lowest BCUT2D eigenvalue weighted by molar-refractivity contribution is -0.180. The summed E-state index contributed by atoms with van der Waals surface area (Å²) >= 11 is 1.56. The van der Waals surface area contributed by atoms with Crippen LogP contribution in [0, 0.1) is 0 Å². The Bertz CT molecular complexity index is 1600. The summed E-state index contributed by atoms with van der Waals surface area (Å²) in [6.07, 6.45) is -2.24. The molecule has 1 unspecified atom stereocenters. The standard InChI is InChI=1S/C35H38N2O7S/c1-4-42-34(43-5-2)22(3)37(19-23-21-45-31-17-11-10-12-24(23)31)33(40)30(18-32(38)39)36-35(41)44-20-29-27-15-8-6-13-25(27)26-14-7-9-16-28(26)29/h6-17,21-22,29-30,34H,4-5,18-20H2,1-3H3,(H,36,41)(H,38,39)/t22-,30?/m0/s1. The van der Waals surface area contributed by atoms with E-state index in [0.29, 0.717) is 13.2 Å². The van der Waals surface area contributed by atoms with Gasteiger partial charge in [0.15, 0.2) is 6.29 Å². The second-order valence-corrected chi connectivity index (χ2v) is 11.8. The van der Waals surface area contributed by atoms with E-state index in [1.54, 1.807) is 18.3 Å².